The third kappa shape index (κ3) is 2.23. The molecule has 2 rings (SSSR count). The van der Waals surface area contributed by atoms with Crippen LogP contribution in [-0.2, 0) is 9.59 Å². The van der Waals surface area contributed by atoms with Crippen LogP contribution in [0.1, 0.15) is 45.4 Å². The maximum absolute atomic E-state index is 12.5. The predicted molar refractivity (Wildman–Crippen MR) is 66.9 cm³/mol. The van der Waals surface area contributed by atoms with Crippen molar-refractivity contribution in [3.63, 3.8) is 0 Å². The summed E-state index contributed by atoms with van der Waals surface area (Å²) in [6.07, 6.45) is 4.68. The smallest absolute Gasteiger partial charge is 0.329 e. The first-order valence-electron chi connectivity index (χ1n) is 6.75. The monoisotopic (exact) mass is 254 g/mol. The molecule has 5 heteroatoms. The lowest BCUT2D eigenvalue weighted by molar-refractivity contribution is -0.162. The zero-order valence-corrected chi connectivity index (χ0v) is 10.9. The first-order valence-corrected chi connectivity index (χ1v) is 6.75. The third-order valence-electron chi connectivity index (χ3n) is 4.44. The SMILES string of the molecule is CC1(C(=O)O)CCCCN1C(=O)C1CCC(N)C1. The van der Waals surface area contributed by atoms with Gasteiger partial charge in [0.15, 0.2) is 0 Å². The fourth-order valence-electron chi connectivity index (χ4n) is 3.16. The van der Waals surface area contributed by atoms with Crippen LogP contribution in [-0.4, -0.2) is 40.0 Å². The van der Waals surface area contributed by atoms with Gasteiger partial charge in [-0.25, -0.2) is 4.79 Å². The van der Waals surface area contributed by atoms with Crippen molar-refractivity contribution in [2.75, 3.05) is 6.54 Å². The van der Waals surface area contributed by atoms with Crippen LogP contribution in [0, 0.1) is 5.92 Å². The van der Waals surface area contributed by atoms with Gasteiger partial charge in [0.25, 0.3) is 0 Å². The minimum atomic E-state index is -1.03. The van der Waals surface area contributed by atoms with Gasteiger partial charge in [-0.05, 0) is 45.4 Å². The number of aliphatic carboxylic acids is 1. The number of amides is 1. The number of likely N-dealkylation sites (tertiary alicyclic amines) is 1. The van der Waals surface area contributed by atoms with Crippen molar-refractivity contribution in [2.24, 2.45) is 11.7 Å². The first-order chi connectivity index (χ1) is 8.45. The number of carboxylic acid groups (broad SMARTS) is 1. The van der Waals surface area contributed by atoms with Crippen molar-refractivity contribution in [3.05, 3.63) is 0 Å². The Labute approximate surface area is 107 Å². The lowest BCUT2D eigenvalue weighted by Crippen LogP contribution is -2.58. The van der Waals surface area contributed by atoms with Crippen LogP contribution >= 0.6 is 0 Å². The fraction of sp³-hybridized carbons (Fsp3) is 0.846. The van der Waals surface area contributed by atoms with Gasteiger partial charge in [0, 0.05) is 18.5 Å². The van der Waals surface area contributed by atoms with Crippen LogP contribution in [0.4, 0.5) is 0 Å². The number of hydrogen-bond donors (Lipinski definition) is 2. The summed E-state index contributed by atoms with van der Waals surface area (Å²) in [6, 6.07) is 0.0971. The first kappa shape index (κ1) is 13.3. The lowest BCUT2D eigenvalue weighted by atomic mass is 9.87. The van der Waals surface area contributed by atoms with E-state index < -0.39 is 11.5 Å². The molecular weight excluding hydrogens is 232 g/mol. The van der Waals surface area contributed by atoms with E-state index in [1.807, 2.05) is 0 Å². The van der Waals surface area contributed by atoms with Gasteiger partial charge in [-0.3, -0.25) is 4.79 Å². The van der Waals surface area contributed by atoms with Crippen LogP contribution in [0.2, 0.25) is 0 Å². The molecule has 0 aromatic carbocycles. The second-order valence-corrected chi connectivity index (χ2v) is 5.80. The van der Waals surface area contributed by atoms with Crippen molar-refractivity contribution in [3.8, 4) is 0 Å². The van der Waals surface area contributed by atoms with E-state index in [4.69, 9.17) is 5.73 Å². The second kappa shape index (κ2) is 4.88. The molecule has 3 N–H and O–H groups in total. The summed E-state index contributed by atoms with van der Waals surface area (Å²) in [6.45, 7) is 2.23. The molecule has 3 unspecified atom stereocenters. The Bertz CT molecular complexity index is 358. The van der Waals surface area contributed by atoms with Crippen LogP contribution in [0.25, 0.3) is 0 Å². The molecule has 0 spiro atoms. The summed E-state index contributed by atoms with van der Waals surface area (Å²) < 4.78 is 0. The Morgan fingerprint density at radius 3 is 2.61 bits per heavy atom. The molecule has 0 bridgehead atoms. The number of carbonyl (C=O) groups is 2. The molecule has 1 aliphatic carbocycles. The molecule has 0 radical (unpaired) electrons. The number of carboxylic acids is 1. The Hall–Kier alpha value is -1.10. The van der Waals surface area contributed by atoms with Crippen LogP contribution in [0.5, 0.6) is 0 Å². The average Bonchev–Trinajstić information content (AvgIpc) is 2.75. The van der Waals surface area contributed by atoms with E-state index in [2.05, 4.69) is 0 Å². The number of carbonyl (C=O) groups excluding carboxylic acids is 1. The number of nitrogens with two attached hydrogens (primary N) is 1. The highest BCUT2D eigenvalue weighted by Crippen LogP contribution is 2.33. The molecule has 1 amide bonds. The van der Waals surface area contributed by atoms with Crippen LogP contribution in [0.15, 0.2) is 0 Å². The third-order valence-corrected chi connectivity index (χ3v) is 4.44. The van der Waals surface area contributed by atoms with Gasteiger partial charge in [-0.15, -0.1) is 0 Å². The minimum Gasteiger partial charge on any atom is -0.480 e. The highest BCUT2D eigenvalue weighted by molar-refractivity contribution is 5.88. The molecule has 1 heterocycles. The number of nitrogens with zero attached hydrogens (tertiary/aromatic N) is 1. The summed E-state index contributed by atoms with van der Waals surface area (Å²) in [5, 5.41) is 9.39. The molecule has 0 aromatic rings. The highest BCUT2D eigenvalue weighted by Gasteiger charge is 2.46. The van der Waals surface area contributed by atoms with E-state index in [1.165, 1.54) is 0 Å². The Morgan fingerprint density at radius 2 is 2.06 bits per heavy atom. The summed E-state index contributed by atoms with van der Waals surface area (Å²) >= 11 is 0. The topological polar surface area (TPSA) is 83.6 Å². The Kier molecular flexibility index (Phi) is 3.61. The second-order valence-electron chi connectivity index (χ2n) is 5.80. The van der Waals surface area contributed by atoms with E-state index in [0.29, 0.717) is 19.4 Å². The standard InChI is InChI=1S/C13H22N2O3/c1-13(12(17)18)6-2-3-7-15(13)11(16)9-4-5-10(14)8-9/h9-10H,2-8,14H2,1H3,(H,17,18). The summed E-state index contributed by atoms with van der Waals surface area (Å²) in [4.78, 5) is 25.5. The number of hydrogen-bond acceptors (Lipinski definition) is 3. The van der Waals surface area contributed by atoms with Crippen molar-refractivity contribution < 1.29 is 14.7 Å². The Morgan fingerprint density at radius 1 is 1.33 bits per heavy atom. The lowest BCUT2D eigenvalue weighted by Gasteiger charge is -2.42. The summed E-state index contributed by atoms with van der Waals surface area (Å²) in [7, 11) is 0. The molecule has 102 valence electrons. The molecule has 1 aliphatic heterocycles. The fourth-order valence-corrected chi connectivity index (χ4v) is 3.16. The summed E-state index contributed by atoms with van der Waals surface area (Å²) in [5.41, 5.74) is 4.81. The molecule has 2 aliphatic rings. The van der Waals surface area contributed by atoms with Gasteiger partial charge < -0.3 is 15.7 Å². The molecule has 18 heavy (non-hydrogen) atoms. The predicted octanol–water partition coefficient (Wildman–Crippen LogP) is 0.970. The average molecular weight is 254 g/mol. The normalized spacial score (nSPS) is 36.7. The van der Waals surface area contributed by atoms with E-state index in [0.717, 1.165) is 25.7 Å². The summed E-state index contributed by atoms with van der Waals surface area (Å²) in [5.74, 6) is -0.970. The molecule has 0 aromatic heterocycles. The van der Waals surface area contributed by atoms with Crippen molar-refractivity contribution in [2.45, 2.75) is 57.0 Å². The molecule has 1 saturated carbocycles. The Balaban J connectivity index is 2.14. The maximum atomic E-state index is 12.5. The largest absolute Gasteiger partial charge is 0.480 e. The molecule has 1 saturated heterocycles. The van der Waals surface area contributed by atoms with Gasteiger partial charge in [0.2, 0.25) is 5.91 Å². The van der Waals surface area contributed by atoms with Crippen molar-refractivity contribution in [1.29, 1.82) is 0 Å². The van der Waals surface area contributed by atoms with Gasteiger partial charge in [0.05, 0.1) is 0 Å². The quantitative estimate of drug-likeness (QED) is 0.769. The van der Waals surface area contributed by atoms with Gasteiger partial charge >= 0.3 is 5.97 Å². The van der Waals surface area contributed by atoms with Gasteiger partial charge in [0.1, 0.15) is 5.54 Å². The highest BCUT2D eigenvalue weighted by atomic mass is 16.4. The zero-order chi connectivity index (χ0) is 13.3. The maximum Gasteiger partial charge on any atom is 0.329 e. The molecule has 3 atom stereocenters. The van der Waals surface area contributed by atoms with E-state index in [-0.39, 0.29) is 17.9 Å². The molecule has 2 fully saturated rings. The number of rotatable bonds is 2. The van der Waals surface area contributed by atoms with Crippen molar-refractivity contribution >= 4 is 11.9 Å². The van der Waals surface area contributed by atoms with Crippen molar-refractivity contribution in [1.82, 2.24) is 4.90 Å². The van der Waals surface area contributed by atoms with E-state index >= 15 is 0 Å². The van der Waals surface area contributed by atoms with Gasteiger partial charge in [-0.2, -0.15) is 0 Å². The van der Waals surface area contributed by atoms with Crippen LogP contribution < -0.4 is 5.73 Å². The van der Waals surface area contributed by atoms with Gasteiger partial charge in [-0.1, -0.05) is 0 Å². The van der Waals surface area contributed by atoms with Crippen LogP contribution in [0.3, 0.4) is 0 Å². The molecule has 5 nitrogen and oxygen atoms in total. The number of piperidine rings is 1. The van der Waals surface area contributed by atoms with E-state index in [1.54, 1.807) is 11.8 Å². The minimum absolute atomic E-state index is 0.00690. The molecular formula is C13H22N2O3. The zero-order valence-electron chi connectivity index (χ0n) is 10.9. The van der Waals surface area contributed by atoms with E-state index in [9.17, 15) is 14.7 Å².